The largest absolute Gasteiger partial charge is 0.477 e. The first-order valence-corrected chi connectivity index (χ1v) is 10.3. The number of aliphatic carboxylic acids is 1. The number of nitrogen functional groups attached to an aromatic ring is 1. The van der Waals surface area contributed by atoms with Gasteiger partial charge in [-0.15, -0.1) is 11.8 Å². The predicted octanol–water partition coefficient (Wildman–Crippen LogP) is 0.797. The van der Waals surface area contributed by atoms with Crippen LogP contribution in [-0.2, 0) is 19.2 Å². The zero-order valence-electron chi connectivity index (χ0n) is 16.7. The summed E-state index contributed by atoms with van der Waals surface area (Å²) in [7, 11) is 0. The minimum Gasteiger partial charge on any atom is -0.477 e. The zero-order chi connectivity index (χ0) is 22.0. The molecule has 2 unspecified atom stereocenters. The molecule has 3 heterocycles. The Bertz CT molecular complexity index is 932. The molecular formula is C19H23N5O5S. The number of carboxylic acid groups (broad SMARTS) is 1. The Hall–Kier alpha value is -3.08. The van der Waals surface area contributed by atoms with Crippen LogP contribution in [0.1, 0.15) is 26.5 Å². The van der Waals surface area contributed by atoms with Gasteiger partial charge >= 0.3 is 5.97 Å². The van der Waals surface area contributed by atoms with E-state index in [0.717, 1.165) is 0 Å². The molecule has 0 aliphatic carbocycles. The predicted molar refractivity (Wildman–Crippen MR) is 111 cm³/mol. The lowest BCUT2D eigenvalue weighted by Crippen LogP contribution is -2.71. The van der Waals surface area contributed by atoms with Crippen LogP contribution in [0.15, 0.2) is 35.1 Å². The molecule has 4 N–H and O–H groups in total. The number of nitrogens with two attached hydrogens (primary N) is 1. The van der Waals surface area contributed by atoms with Crippen LogP contribution in [0.2, 0.25) is 0 Å². The highest BCUT2D eigenvalue weighted by Gasteiger charge is 2.54. The summed E-state index contributed by atoms with van der Waals surface area (Å²) in [5, 5.41) is 15.3. The van der Waals surface area contributed by atoms with Gasteiger partial charge < -0.3 is 21.0 Å². The van der Waals surface area contributed by atoms with E-state index in [-0.39, 0.29) is 40.7 Å². The van der Waals surface area contributed by atoms with E-state index in [1.807, 2.05) is 20.8 Å². The highest BCUT2D eigenvalue weighted by Crippen LogP contribution is 2.40. The van der Waals surface area contributed by atoms with Crippen molar-refractivity contribution in [2.24, 2.45) is 11.1 Å². The van der Waals surface area contributed by atoms with Gasteiger partial charge in [0, 0.05) is 5.25 Å². The highest BCUT2D eigenvalue weighted by molar-refractivity contribution is 8.00. The van der Waals surface area contributed by atoms with Crippen molar-refractivity contribution in [3.8, 4) is 0 Å². The zero-order valence-corrected chi connectivity index (χ0v) is 17.5. The van der Waals surface area contributed by atoms with E-state index in [0.29, 0.717) is 0 Å². The fourth-order valence-corrected chi connectivity index (χ4v) is 4.31. The Kier molecular flexibility index (Phi) is 6.30. The van der Waals surface area contributed by atoms with Gasteiger partial charge in [0.25, 0.3) is 11.8 Å². The third kappa shape index (κ3) is 4.40. The second-order valence-corrected chi connectivity index (χ2v) is 8.82. The molecule has 3 atom stereocenters. The number of nitrogens with one attached hydrogen (secondary N) is 1. The van der Waals surface area contributed by atoms with Crippen LogP contribution in [0.4, 0.5) is 5.82 Å². The second kappa shape index (κ2) is 8.74. The molecule has 160 valence electrons. The lowest BCUT2D eigenvalue weighted by molar-refractivity contribution is -0.150. The number of hydrogen-bond acceptors (Lipinski definition) is 8. The van der Waals surface area contributed by atoms with Gasteiger partial charge in [-0.2, -0.15) is 0 Å². The number of anilines is 1. The first kappa shape index (κ1) is 21.6. The summed E-state index contributed by atoms with van der Waals surface area (Å²) in [5.74, 6) is -1.94. The average molecular weight is 433 g/mol. The van der Waals surface area contributed by atoms with Crippen LogP contribution in [0, 0.1) is 5.92 Å². The van der Waals surface area contributed by atoms with Gasteiger partial charge in [0.1, 0.15) is 35.2 Å². The van der Waals surface area contributed by atoms with Crippen molar-refractivity contribution in [1.29, 1.82) is 0 Å². The summed E-state index contributed by atoms with van der Waals surface area (Å²) >= 11 is 1.39. The maximum Gasteiger partial charge on any atom is 0.352 e. The number of β-lactam (4-membered cyclic amide) rings is 1. The topological polar surface area (TPSA) is 147 Å². The number of carbonyl (C=O) groups is 3. The summed E-state index contributed by atoms with van der Waals surface area (Å²) in [6, 6.07) is 3.87. The molecule has 11 heteroatoms. The number of carboxylic acids is 1. The number of pyridine rings is 1. The number of oxime groups is 1. The lowest BCUT2D eigenvalue weighted by Gasteiger charge is -2.49. The van der Waals surface area contributed by atoms with Crippen molar-refractivity contribution in [3.05, 3.63) is 35.7 Å². The average Bonchev–Trinajstić information content (AvgIpc) is 2.68. The van der Waals surface area contributed by atoms with E-state index in [9.17, 15) is 19.5 Å². The minimum atomic E-state index is -1.18. The highest BCUT2D eigenvalue weighted by atomic mass is 32.2. The number of nitrogens with zero attached hydrogens (tertiary/aromatic N) is 3. The van der Waals surface area contributed by atoms with Gasteiger partial charge in [0.15, 0.2) is 5.71 Å². The molecule has 0 spiro atoms. The van der Waals surface area contributed by atoms with Crippen molar-refractivity contribution in [2.75, 3.05) is 12.3 Å². The Morgan fingerprint density at radius 2 is 2.17 bits per heavy atom. The molecule has 0 saturated carbocycles. The van der Waals surface area contributed by atoms with Crippen molar-refractivity contribution in [2.45, 2.75) is 37.4 Å². The maximum absolute atomic E-state index is 12.9. The fraction of sp³-hybridized carbons (Fsp3) is 0.421. The van der Waals surface area contributed by atoms with Crippen LogP contribution in [0.5, 0.6) is 0 Å². The molecule has 0 bridgehead atoms. The monoisotopic (exact) mass is 433 g/mol. The summed E-state index contributed by atoms with van der Waals surface area (Å²) in [4.78, 5) is 47.5. The van der Waals surface area contributed by atoms with E-state index < -0.39 is 29.2 Å². The molecule has 3 rings (SSSR count). The number of amides is 2. The Morgan fingerprint density at radius 1 is 1.43 bits per heavy atom. The Morgan fingerprint density at radius 3 is 2.80 bits per heavy atom. The molecule has 10 nitrogen and oxygen atoms in total. The van der Waals surface area contributed by atoms with Gasteiger partial charge in [0.2, 0.25) is 0 Å². The van der Waals surface area contributed by atoms with Gasteiger partial charge in [-0.1, -0.05) is 25.1 Å². The molecule has 30 heavy (non-hydrogen) atoms. The summed E-state index contributed by atoms with van der Waals surface area (Å²) in [6.45, 7) is 5.99. The first-order chi connectivity index (χ1) is 14.2. The Balaban J connectivity index is 1.80. The third-order valence-corrected chi connectivity index (χ3v) is 5.67. The molecule has 1 fully saturated rings. The van der Waals surface area contributed by atoms with Gasteiger partial charge in [-0.05, 0) is 31.1 Å². The van der Waals surface area contributed by atoms with E-state index in [4.69, 9.17) is 10.6 Å². The summed E-state index contributed by atoms with van der Waals surface area (Å²) in [5.41, 5.74) is 5.73. The molecule has 2 aliphatic heterocycles. The number of aromatic nitrogens is 1. The number of fused-ring (bicyclic) bond motifs is 1. The number of carbonyl (C=O) groups excluding carboxylic acids is 2. The molecule has 0 radical (unpaired) electrons. The van der Waals surface area contributed by atoms with E-state index in [1.54, 1.807) is 18.2 Å². The maximum atomic E-state index is 12.9. The van der Waals surface area contributed by atoms with Crippen molar-refractivity contribution in [1.82, 2.24) is 15.2 Å². The molecule has 1 aromatic rings. The smallest absolute Gasteiger partial charge is 0.352 e. The van der Waals surface area contributed by atoms with Crippen LogP contribution < -0.4 is 11.1 Å². The second-order valence-electron chi connectivity index (χ2n) is 7.33. The lowest BCUT2D eigenvalue weighted by atomic mass is 10.0. The van der Waals surface area contributed by atoms with Crippen LogP contribution in [0.3, 0.4) is 0 Å². The molecule has 1 saturated heterocycles. The third-order valence-electron chi connectivity index (χ3n) is 4.35. The van der Waals surface area contributed by atoms with Gasteiger partial charge in [-0.25, -0.2) is 9.78 Å². The quantitative estimate of drug-likeness (QED) is 0.325. The molecule has 2 aliphatic rings. The summed E-state index contributed by atoms with van der Waals surface area (Å²) < 4.78 is 0. The normalized spacial score (nSPS) is 23.4. The van der Waals surface area contributed by atoms with E-state index in [1.165, 1.54) is 22.7 Å². The fourth-order valence-electron chi connectivity index (χ4n) is 2.98. The minimum absolute atomic E-state index is 0.0756. The van der Waals surface area contributed by atoms with E-state index in [2.05, 4.69) is 15.5 Å². The molecule has 1 aromatic heterocycles. The SMILES string of the molecule is CC(C)CO/N=C(\C(=O)NC1C(=O)N2C(C(=O)O)=CC(C)S[C@H]12)c1cccc(N)n1. The summed E-state index contributed by atoms with van der Waals surface area (Å²) in [6.07, 6.45) is 1.52. The standard InChI is InChI=1S/C19H23N5O5S/c1-9(2)8-29-23-14(11-5-4-6-13(20)21-11)16(25)22-15-17(26)24-12(19(27)28)7-10(3)30-18(15)24/h4-7,9-10,15,18H,8H2,1-3H3,(H2,20,21)(H,22,25)(H,27,28)/b23-14-/t10?,15?,18-/m1/s1. The van der Waals surface area contributed by atoms with Crippen molar-refractivity contribution in [3.63, 3.8) is 0 Å². The number of hydrogen-bond donors (Lipinski definition) is 3. The number of thioether (sulfide) groups is 1. The van der Waals surface area contributed by atoms with Crippen molar-refractivity contribution >= 4 is 41.1 Å². The van der Waals surface area contributed by atoms with Crippen molar-refractivity contribution < 1.29 is 24.3 Å². The van der Waals surface area contributed by atoms with E-state index >= 15 is 0 Å². The molecular weight excluding hydrogens is 410 g/mol. The number of rotatable bonds is 7. The first-order valence-electron chi connectivity index (χ1n) is 9.36. The van der Waals surface area contributed by atoms with Crippen LogP contribution >= 0.6 is 11.8 Å². The van der Waals surface area contributed by atoms with Gasteiger partial charge in [0.05, 0.1) is 0 Å². The molecule has 0 aromatic carbocycles. The van der Waals surface area contributed by atoms with Crippen LogP contribution in [-0.4, -0.2) is 61.8 Å². The Labute approximate surface area is 177 Å². The van der Waals surface area contributed by atoms with Crippen LogP contribution in [0.25, 0.3) is 0 Å². The molecule has 2 amide bonds. The van der Waals surface area contributed by atoms with Gasteiger partial charge in [-0.3, -0.25) is 14.5 Å².